The van der Waals surface area contributed by atoms with Crippen molar-refractivity contribution in [3.8, 4) is 0 Å². The molecule has 0 bridgehead atoms. The van der Waals surface area contributed by atoms with E-state index in [9.17, 15) is 9.59 Å². The molecule has 0 aliphatic carbocycles. The molecule has 2 amide bonds. The van der Waals surface area contributed by atoms with E-state index in [1.807, 2.05) is 27.7 Å². The third-order valence-corrected chi connectivity index (χ3v) is 2.86. The fraction of sp³-hybridized carbons (Fsp3) is 0.500. The van der Waals surface area contributed by atoms with Crippen LogP contribution in [0.3, 0.4) is 0 Å². The molecule has 0 saturated carbocycles. The summed E-state index contributed by atoms with van der Waals surface area (Å²) in [6.45, 7) is 8.20. The Labute approximate surface area is 126 Å². The molecule has 1 atom stereocenters. The minimum atomic E-state index is -0.275. The topological polar surface area (TPSA) is 84.2 Å². The summed E-state index contributed by atoms with van der Waals surface area (Å²) < 4.78 is 0. The monoisotopic (exact) mass is 291 g/mol. The van der Waals surface area contributed by atoms with Crippen molar-refractivity contribution in [2.45, 2.75) is 39.7 Å². The summed E-state index contributed by atoms with van der Waals surface area (Å²) in [5.74, 6) is -0.0428. The molecule has 0 saturated heterocycles. The van der Waals surface area contributed by atoms with E-state index in [0.29, 0.717) is 24.2 Å². The van der Waals surface area contributed by atoms with E-state index in [1.165, 1.54) is 0 Å². The number of hydrogen-bond acceptors (Lipinski definition) is 3. The zero-order valence-electron chi connectivity index (χ0n) is 13.2. The average Bonchev–Trinajstić information content (AvgIpc) is 2.37. The number of amides is 2. The normalized spacial score (nSPS) is 12.6. The second-order valence-corrected chi connectivity index (χ2v) is 6.37. The first-order valence-corrected chi connectivity index (χ1v) is 7.14. The van der Waals surface area contributed by atoms with E-state index in [2.05, 4.69) is 10.6 Å². The van der Waals surface area contributed by atoms with Crippen molar-refractivity contribution in [3.05, 3.63) is 29.8 Å². The van der Waals surface area contributed by atoms with Gasteiger partial charge in [-0.3, -0.25) is 9.59 Å². The number of benzene rings is 1. The van der Waals surface area contributed by atoms with Crippen molar-refractivity contribution in [2.24, 2.45) is 11.7 Å². The van der Waals surface area contributed by atoms with E-state index >= 15 is 0 Å². The minimum Gasteiger partial charge on any atom is -0.347 e. The Balaban J connectivity index is 2.62. The standard InChI is InChI=1S/C16H25N3O2/c1-11(10-17)9-14(20)18-13-7-5-12(6-8-13)15(21)19-16(2,3)4/h5-8,11H,9-10,17H2,1-4H3,(H,18,20)(H,19,21). The first-order chi connectivity index (χ1) is 9.71. The van der Waals surface area contributed by atoms with Crippen LogP contribution in [-0.2, 0) is 4.79 Å². The van der Waals surface area contributed by atoms with Crippen LogP contribution >= 0.6 is 0 Å². The fourth-order valence-electron chi connectivity index (χ4n) is 1.73. The number of nitrogens with one attached hydrogen (secondary N) is 2. The molecule has 0 spiro atoms. The highest BCUT2D eigenvalue weighted by Gasteiger charge is 2.15. The van der Waals surface area contributed by atoms with Gasteiger partial charge in [0.1, 0.15) is 0 Å². The first-order valence-electron chi connectivity index (χ1n) is 7.14. The smallest absolute Gasteiger partial charge is 0.251 e. The van der Waals surface area contributed by atoms with Crippen molar-refractivity contribution >= 4 is 17.5 Å². The second-order valence-electron chi connectivity index (χ2n) is 6.37. The van der Waals surface area contributed by atoms with Crippen LogP contribution in [0.15, 0.2) is 24.3 Å². The zero-order valence-corrected chi connectivity index (χ0v) is 13.2. The third-order valence-electron chi connectivity index (χ3n) is 2.86. The number of carbonyl (C=O) groups is 2. The zero-order chi connectivity index (χ0) is 16.0. The lowest BCUT2D eigenvalue weighted by atomic mass is 10.1. The molecule has 0 radical (unpaired) electrons. The molecule has 1 aromatic rings. The molecule has 0 aromatic heterocycles. The van der Waals surface area contributed by atoms with Crippen LogP contribution in [0.4, 0.5) is 5.69 Å². The highest BCUT2D eigenvalue weighted by atomic mass is 16.2. The maximum Gasteiger partial charge on any atom is 0.251 e. The Morgan fingerprint density at radius 3 is 2.24 bits per heavy atom. The van der Waals surface area contributed by atoms with Crippen LogP contribution < -0.4 is 16.4 Å². The predicted molar refractivity (Wildman–Crippen MR) is 85.1 cm³/mol. The molecule has 5 nitrogen and oxygen atoms in total. The van der Waals surface area contributed by atoms with Crippen molar-refractivity contribution < 1.29 is 9.59 Å². The third kappa shape index (κ3) is 6.40. The van der Waals surface area contributed by atoms with Gasteiger partial charge in [-0.1, -0.05) is 6.92 Å². The largest absolute Gasteiger partial charge is 0.347 e. The molecular weight excluding hydrogens is 266 g/mol. The summed E-state index contributed by atoms with van der Waals surface area (Å²) >= 11 is 0. The van der Waals surface area contributed by atoms with E-state index < -0.39 is 0 Å². The molecule has 116 valence electrons. The first kappa shape index (κ1) is 17.2. The molecule has 5 heteroatoms. The van der Waals surface area contributed by atoms with E-state index in [0.717, 1.165) is 0 Å². The number of rotatable bonds is 5. The van der Waals surface area contributed by atoms with Crippen LogP contribution in [0.2, 0.25) is 0 Å². The summed E-state index contributed by atoms with van der Waals surface area (Å²) in [7, 11) is 0. The molecule has 1 unspecified atom stereocenters. The Bertz CT molecular complexity index is 489. The Hall–Kier alpha value is -1.88. The van der Waals surface area contributed by atoms with Gasteiger partial charge in [0.05, 0.1) is 0 Å². The lowest BCUT2D eigenvalue weighted by Gasteiger charge is -2.20. The summed E-state index contributed by atoms with van der Waals surface area (Å²) in [5, 5.41) is 5.68. The van der Waals surface area contributed by atoms with Gasteiger partial charge >= 0.3 is 0 Å². The lowest BCUT2D eigenvalue weighted by Crippen LogP contribution is -2.40. The average molecular weight is 291 g/mol. The van der Waals surface area contributed by atoms with Crippen LogP contribution in [-0.4, -0.2) is 23.9 Å². The number of hydrogen-bond donors (Lipinski definition) is 3. The molecule has 0 aliphatic heterocycles. The van der Waals surface area contributed by atoms with Crippen molar-refractivity contribution in [3.63, 3.8) is 0 Å². The van der Waals surface area contributed by atoms with Crippen molar-refractivity contribution in [2.75, 3.05) is 11.9 Å². The van der Waals surface area contributed by atoms with Crippen LogP contribution in [0.5, 0.6) is 0 Å². The number of nitrogens with two attached hydrogens (primary N) is 1. The van der Waals surface area contributed by atoms with E-state index in [-0.39, 0.29) is 23.3 Å². The second kappa shape index (κ2) is 7.22. The van der Waals surface area contributed by atoms with E-state index in [1.54, 1.807) is 24.3 Å². The summed E-state index contributed by atoms with van der Waals surface area (Å²) in [6, 6.07) is 6.84. The fourth-order valence-corrected chi connectivity index (χ4v) is 1.73. The van der Waals surface area contributed by atoms with Crippen molar-refractivity contribution in [1.29, 1.82) is 0 Å². The minimum absolute atomic E-state index is 0.0696. The Morgan fingerprint density at radius 1 is 1.19 bits per heavy atom. The predicted octanol–water partition coefficient (Wildman–Crippen LogP) is 2.14. The lowest BCUT2D eigenvalue weighted by molar-refractivity contribution is -0.116. The molecule has 21 heavy (non-hydrogen) atoms. The van der Waals surface area contributed by atoms with Crippen LogP contribution in [0, 0.1) is 5.92 Å². The van der Waals surface area contributed by atoms with Gasteiger partial charge in [0.2, 0.25) is 5.91 Å². The number of carbonyl (C=O) groups excluding carboxylic acids is 2. The maximum absolute atomic E-state index is 12.0. The highest BCUT2D eigenvalue weighted by molar-refractivity contribution is 5.96. The van der Waals surface area contributed by atoms with Gasteiger partial charge in [0, 0.05) is 23.2 Å². The SMILES string of the molecule is CC(CN)CC(=O)Nc1ccc(C(=O)NC(C)(C)C)cc1. The molecule has 0 aliphatic rings. The molecule has 1 rings (SSSR count). The van der Waals surface area contributed by atoms with Gasteiger partial charge in [-0.15, -0.1) is 0 Å². The maximum atomic E-state index is 12.0. The number of anilines is 1. The summed E-state index contributed by atoms with van der Waals surface area (Å²) in [5.41, 5.74) is 6.46. The Kier molecular flexibility index (Phi) is 5.90. The van der Waals surface area contributed by atoms with Gasteiger partial charge < -0.3 is 16.4 Å². The molecule has 0 heterocycles. The summed E-state index contributed by atoms with van der Waals surface area (Å²) in [4.78, 5) is 23.7. The Morgan fingerprint density at radius 2 is 1.76 bits per heavy atom. The van der Waals surface area contributed by atoms with Crippen LogP contribution in [0.1, 0.15) is 44.5 Å². The molecule has 4 N–H and O–H groups in total. The van der Waals surface area contributed by atoms with Gasteiger partial charge in [-0.2, -0.15) is 0 Å². The van der Waals surface area contributed by atoms with Gasteiger partial charge in [-0.25, -0.2) is 0 Å². The van der Waals surface area contributed by atoms with Gasteiger partial charge in [-0.05, 0) is 57.5 Å². The van der Waals surface area contributed by atoms with Gasteiger partial charge in [0.25, 0.3) is 5.91 Å². The van der Waals surface area contributed by atoms with Crippen LogP contribution in [0.25, 0.3) is 0 Å². The van der Waals surface area contributed by atoms with Gasteiger partial charge in [0.15, 0.2) is 0 Å². The van der Waals surface area contributed by atoms with E-state index in [4.69, 9.17) is 5.73 Å². The highest BCUT2D eigenvalue weighted by Crippen LogP contribution is 2.12. The summed E-state index contributed by atoms with van der Waals surface area (Å²) in [6.07, 6.45) is 0.392. The molecule has 1 aromatic carbocycles. The molecular formula is C16H25N3O2. The molecule has 0 fully saturated rings. The van der Waals surface area contributed by atoms with Crippen molar-refractivity contribution in [1.82, 2.24) is 5.32 Å². The quantitative estimate of drug-likeness (QED) is 0.777.